The summed E-state index contributed by atoms with van der Waals surface area (Å²) in [6.45, 7) is 3.66. The van der Waals surface area contributed by atoms with Gasteiger partial charge in [0.25, 0.3) is 0 Å². The van der Waals surface area contributed by atoms with Crippen molar-refractivity contribution in [1.82, 2.24) is 0 Å². The van der Waals surface area contributed by atoms with Crippen LogP contribution in [-0.4, -0.2) is 49.3 Å². The van der Waals surface area contributed by atoms with Crippen LogP contribution in [-0.2, 0) is 32.7 Å². The van der Waals surface area contributed by atoms with Crippen LogP contribution in [0.2, 0.25) is 0 Å². The van der Waals surface area contributed by atoms with E-state index < -0.39 is 32.5 Å². The van der Waals surface area contributed by atoms with Gasteiger partial charge >= 0.3 is 19.8 Å². The second-order valence-corrected chi connectivity index (χ2v) is 14.9. The summed E-state index contributed by atoms with van der Waals surface area (Å²) < 4.78 is 32.6. The summed E-state index contributed by atoms with van der Waals surface area (Å²) >= 11 is 0. The largest absolute Gasteiger partial charge is 0.472 e. The van der Waals surface area contributed by atoms with Gasteiger partial charge in [-0.15, -0.1) is 0 Å². The molecule has 0 aliphatic carbocycles. The van der Waals surface area contributed by atoms with Gasteiger partial charge in [0.15, 0.2) is 6.10 Å². The van der Waals surface area contributed by atoms with E-state index in [4.69, 9.17) is 24.3 Å². The molecule has 0 aromatic rings. The number of esters is 2. The number of allylic oxidation sites excluding steroid dienone is 6. The van der Waals surface area contributed by atoms with Gasteiger partial charge in [0.05, 0.1) is 13.2 Å². The van der Waals surface area contributed by atoms with Gasteiger partial charge in [0.1, 0.15) is 6.61 Å². The molecule has 0 bridgehead atoms. The lowest BCUT2D eigenvalue weighted by atomic mass is 10.1. The molecule has 0 aromatic heterocycles. The molecule has 0 spiro atoms. The molecule has 10 heteroatoms. The summed E-state index contributed by atoms with van der Waals surface area (Å²) in [5.41, 5.74) is 5.33. The van der Waals surface area contributed by atoms with E-state index in [0.29, 0.717) is 12.8 Å². The molecule has 9 nitrogen and oxygen atoms in total. The minimum atomic E-state index is -4.38. The van der Waals surface area contributed by atoms with Crippen LogP contribution in [0, 0.1) is 0 Å². The topological polar surface area (TPSA) is 134 Å². The normalized spacial score (nSPS) is 13.7. The van der Waals surface area contributed by atoms with Gasteiger partial charge in [-0.25, -0.2) is 4.57 Å². The molecule has 0 aliphatic rings. The van der Waals surface area contributed by atoms with Crippen molar-refractivity contribution in [3.63, 3.8) is 0 Å². The second-order valence-electron chi connectivity index (χ2n) is 13.5. The van der Waals surface area contributed by atoms with Crippen LogP contribution in [0.15, 0.2) is 36.5 Å². The number of carbonyl (C=O) groups excluding carboxylic acids is 2. The summed E-state index contributed by atoms with van der Waals surface area (Å²) in [5.74, 6) is -0.885. The first-order chi connectivity index (χ1) is 24.8. The summed E-state index contributed by atoms with van der Waals surface area (Å²) in [6.07, 6.45) is 40.4. The Bertz CT molecular complexity index is 939. The SMILES string of the molecule is CCCCCCCC/C=C/C/C=C/CCCCC(=O)O[C@H](COC(=O)CCCCC/C=C/CCCCCCCCCC)COP(=O)(O)OCCN. The molecule has 0 saturated carbocycles. The van der Waals surface area contributed by atoms with Crippen molar-refractivity contribution < 1.29 is 37.6 Å². The minimum absolute atomic E-state index is 0.0463. The fraction of sp³-hybridized carbons (Fsp3) is 0.805. The monoisotopic (exact) mass is 742 g/mol. The van der Waals surface area contributed by atoms with Gasteiger partial charge in [-0.05, 0) is 70.6 Å². The minimum Gasteiger partial charge on any atom is -0.462 e. The van der Waals surface area contributed by atoms with Crippen molar-refractivity contribution in [2.45, 2.75) is 187 Å². The van der Waals surface area contributed by atoms with Gasteiger partial charge in [-0.3, -0.25) is 18.6 Å². The molecule has 0 heterocycles. The van der Waals surface area contributed by atoms with Crippen LogP contribution in [0.1, 0.15) is 181 Å². The van der Waals surface area contributed by atoms with E-state index in [-0.39, 0.29) is 32.6 Å². The number of rotatable bonds is 38. The van der Waals surface area contributed by atoms with E-state index in [9.17, 15) is 19.0 Å². The lowest BCUT2D eigenvalue weighted by Gasteiger charge is -2.19. The van der Waals surface area contributed by atoms with Gasteiger partial charge in [0.2, 0.25) is 0 Å². The highest BCUT2D eigenvalue weighted by molar-refractivity contribution is 7.47. The molecule has 3 N–H and O–H groups in total. The maximum Gasteiger partial charge on any atom is 0.472 e. The molecule has 2 atom stereocenters. The van der Waals surface area contributed by atoms with E-state index in [1.165, 1.54) is 89.9 Å². The molecular formula is C41H76NO8P. The van der Waals surface area contributed by atoms with Crippen molar-refractivity contribution in [3.05, 3.63) is 36.5 Å². The predicted molar refractivity (Wildman–Crippen MR) is 210 cm³/mol. The van der Waals surface area contributed by atoms with Gasteiger partial charge in [-0.2, -0.15) is 0 Å². The Morgan fingerprint density at radius 1 is 0.588 bits per heavy atom. The van der Waals surface area contributed by atoms with Crippen molar-refractivity contribution >= 4 is 19.8 Å². The van der Waals surface area contributed by atoms with E-state index in [1.807, 2.05) is 0 Å². The van der Waals surface area contributed by atoms with E-state index in [1.54, 1.807) is 0 Å². The average Bonchev–Trinajstić information content (AvgIpc) is 3.11. The molecule has 298 valence electrons. The van der Waals surface area contributed by atoms with Crippen LogP contribution < -0.4 is 5.73 Å². The first-order valence-corrected chi connectivity index (χ1v) is 22.0. The summed E-state index contributed by atoms with van der Waals surface area (Å²) in [4.78, 5) is 34.7. The molecule has 0 rings (SSSR count). The van der Waals surface area contributed by atoms with Crippen molar-refractivity contribution in [2.75, 3.05) is 26.4 Å². The number of hydrogen-bond acceptors (Lipinski definition) is 8. The number of phosphoric ester groups is 1. The molecule has 0 aliphatic heterocycles. The highest BCUT2D eigenvalue weighted by Gasteiger charge is 2.25. The van der Waals surface area contributed by atoms with Crippen LogP contribution in [0.5, 0.6) is 0 Å². The maximum atomic E-state index is 12.5. The Morgan fingerprint density at radius 3 is 1.55 bits per heavy atom. The van der Waals surface area contributed by atoms with Gasteiger partial charge in [-0.1, -0.05) is 134 Å². The fourth-order valence-electron chi connectivity index (χ4n) is 5.42. The number of nitrogens with two attached hydrogens (primary N) is 1. The third-order valence-corrected chi connectivity index (χ3v) is 9.48. The Morgan fingerprint density at radius 2 is 1.02 bits per heavy atom. The Labute approximate surface area is 312 Å². The standard InChI is InChI=1S/C41H76NO8P/c1-3-5-7-9-11-13-15-17-19-21-23-25-27-29-31-33-40(43)47-37-39(38-49-51(45,46)48-36-35-42)50-41(44)34-32-30-28-26-24-22-20-18-16-14-12-10-8-6-4-2/h18,20-21,23-24,26,39H,3-17,19,22,25,27-38,42H2,1-2H3,(H,45,46)/b20-18+,23-21+,26-24+/t39-/m1/s1. The third-order valence-electron chi connectivity index (χ3n) is 8.50. The highest BCUT2D eigenvalue weighted by atomic mass is 31.2. The zero-order valence-corrected chi connectivity index (χ0v) is 33.5. The summed E-state index contributed by atoms with van der Waals surface area (Å²) in [6, 6.07) is 0. The lowest BCUT2D eigenvalue weighted by molar-refractivity contribution is -0.161. The van der Waals surface area contributed by atoms with E-state index in [2.05, 4.69) is 50.3 Å². The van der Waals surface area contributed by atoms with Crippen molar-refractivity contribution in [3.8, 4) is 0 Å². The Hall–Kier alpha value is -1.77. The second kappa shape index (κ2) is 38.0. The molecular weight excluding hydrogens is 665 g/mol. The fourth-order valence-corrected chi connectivity index (χ4v) is 6.19. The molecule has 0 fully saturated rings. The quantitative estimate of drug-likeness (QED) is 0.0274. The number of unbranched alkanes of at least 4 members (excludes halogenated alkanes) is 19. The zero-order chi connectivity index (χ0) is 37.5. The molecule has 51 heavy (non-hydrogen) atoms. The molecule has 0 radical (unpaired) electrons. The first kappa shape index (κ1) is 49.2. The van der Waals surface area contributed by atoms with Crippen LogP contribution in [0.4, 0.5) is 0 Å². The van der Waals surface area contributed by atoms with E-state index >= 15 is 0 Å². The molecule has 0 saturated heterocycles. The number of carbonyl (C=O) groups is 2. The molecule has 1 unspecified atom stereocenters. The zero-order valence-electron chi connectivity index (χ0n) is 32.6. The Balaban J connectivity index is 4.27. The number of ether oxygens (including phenoxy) is 2. The van der Waals surface area contributed by atoms with E-state index in [0.717, 1.165) is 51.4 Å². The van der Waals surface area contributed by atoms with Gasteiger partial charge < -0.3 is 20.1 Å². The summed E-state index contributed by atoms with van der Waals surface area (Å²) in [5, 5.41) is 0. The maximum absolute atomic E-state index is 12.5. The molecule has 0 aromatic carbocycles. The predicted octanol–water partition coefficient (Wildman–Crippen LogP) is 11.4. The van der Waals surface area contributed by atoms with Gasteiger partial charge in [0, 0.05) is 19.4 Å². The lowest BCUT2D eigenvalue weighted by Crippen LogP contribution is -2.29. The van der Waals surface area contributed by atoms with Crippen molar-refractivity contribution in [1.29, 1.82) is 0 Å². The average molecular weight is 742 g/mol. The third kappa shape index (κ3) is 37.8. The van der Waals surface area contributed by atoms with Crippen LogP contribution in [0.25, 0.3) is 0 Å². The van der Waals surface area contributed by atoms with Crippen LogP contribution >= 0.6 is 7.82 Å². The molecule has 0 amide bonds. The Kier molecular flexibility index (Phi) is 36.7. The highest BCUT2D eigenvalue weighted by Crippen LogP contribution is 2.43. The first-order valence-electron chi connectivity index (χ1n) is 20.5. The number of hydrogen-bond donors (Lipinski definition) is 2. The van der Waals surface area contributed by atoms with Crippen molar-refractivity contribution in [2.24, 2.45) is 5.73 Å². The van der Waals surface area contributed by atoms with Crippen LogP contribution in [0.3, 0.4) is 0 Å². The summed E-state index contributed by atoms with van der Waals surface area (Å²) in [7, 11) is -4.38. The smallest absolute Gasteiger partial charge is 0.462 e. The number of phosphoric acid groups is 1.